The molecule has 0 N–H and O–H groups in total. The lowest BCUT2D eigenvalue weighted by Crippen LogP contribution is -2.40. The Morgan fingerprint density at radius 2 is 2.17 bits per heavy atom. The van der Waals surface area contributed by atoms with E-state index in [1.807, 2.05) is 36.4 Å². The number of rotatable bonds is 3. The van der Waals surface area contributed by atoms with Crippen molar-refractivity contribution in [2.45, 2.75) is 31.7 Å². The van der Waals surface area contributed by atoms with Crippen molar-refractivity contribution < 1.29 is 19.1 Å². The molecule has 1 aromatic carbocycles. The van der Waals surface area contributed by atoms with Gasteiger partial charge in [-0.25, -0.2) is 0 Å². The largest absolute Gasteiger partial charge is 0.463 e. The number of halogens is 1. The summed E-state index contributed by atoms with van der Waals surface area (Å²) in [5.41, 5.74) is 0.0697. The summed E-state index contributed by atoms with van der Waals surface area (Å²) in [5.74, 6) is -1.53. The maximum atomic E-state index is 13.1. The summed E-state index contributed by atoms with van der Waals surface area (Å²) in [6.07, 6.45) is 3.24. The molecule has 0 aliphatic carbocycles. The van der Waals surface area contributed by atoms with Crippen molar-refractivity contribution in [2.75, 3.05) is 11.4 Å². The van der Waals surface area contributed by atoms with E-state index in [-0.39, 0.29) is 24.1 Å². The second-order valence-corrected chi connectivity index (χ2v) is 7.62. The fraction of sp³-hybridized carbons (Fsp3) is 0.444. The van der Waals surface area contributed by atoms with Crippen molar-refractivity contribution in [3.05, 3.63) is 40.9 Å². The predicted molar refractivity (Wildman–Crippen MR) is 91.4 cm³/mol. The fourth-order valence-corrected chi connectivity index (χ4v) is 4.45. The monoisotopic (exact) mass is 391 g/mol. The minimum atomic E-state index is -0.725. The molecule has 0 radical (unpaired) electrons. The Morgan fingerprint density at radius 1 is 1.42 bits per heavy atom. The fourth-order valence-electron chi connectivity index (χ4n) is 3.95. The van der Waals surface area contributed by atoms with Crippen molar-refractivity contribution in [3.63, 3.8) is 0 Å². The molecular weight excluding hydrogens is 374 g/mol. The summed E-state index contributed by atoms with van der Waals surface area (Å²) in [7, 11) is 0. The maximum absolute atomic E-state index is 13.1. The topological polar surface area (TPSA) is 55.8 Å². The zero-order valence-corrected chi connectivity index (χ0v) is 15.0. The number of ether oxygens (including phenoxy) is 2. The van der Waals surface area contributed by atoms with E-state index in [4.69, 9.17) is 9.47 Å². The van der Waals surface area contributed by atoms with E-state index < -0.39 is 17.4 Å². The Kier molecular flexibility index (Phi) is 3.58. The van der Waals surface area contributed by atoms with Gasteiger partial charge in [0.1, 0.15) is 11.5 Å². The minimum Gasteiger partial charge on any atom is -0.463 e. The lowest BCUT2D eigenvalue weighted by atomic mass is 9.77. The molecule has 1 aromatic rings. The van der Waals surface area contributed by atoms with E-state index in [0.29, 0.717) is 6.54 Å². The number of nitrogens with zero attached hydrogens (tertiary/aromatic N) is 1. The average molecular weight is 392 g/mol. The molecule has 2 bridgehead atoms. The molecule has 3 heterocycles. The normalized spacial score (nSPS) is 33.4. The molecule has 0 unspecified atom stereocenters. The summed E-state index contributed by atoms with van der Waals surface area (Å²) in [6.45, 7) is 4.03. The highest BCUT2D eigenvalue weighted by molar-refractivity contribution is 9.10. The molecule has 24 heavy (non-hydrogen) atoms. The number of benzene rings is 1. The van der Waals surface area contributed by atoms with Gasteiger partial charge in [0.25, 0.3) is 0 Å². The van der Waals surface area contributed by atoms with Crippen LogP contribution in [-0.2, 0) is 19.1 Å². The first kappa shape index (κ1) is 15.8. The molecule has 0 saturated carbocycles. The number of amides is 1. The molecule has 5 nitrogen and oxygen atoms in total. The predicted octanol–water partition coefficient (Wildman–Crippen LogP) is 2.69. The van der Waals surface area contributed by atoms with Crippen molar-refractivity contribution in [1.29, 1.82) is 0 Å². The first-order valence-corrected chi connectivity index (χ1v) is 8.86. The summed E-state index contributed by atoms with van der Waals surface area (Å²) < 4.78 is 12.3. The third-order valence-corrected chi connectivity index (χ3v) is 5.54. The van der Waals surface area contributed by atoms with Gasteiger partial charge in [-0.2, -0.15) is 0 Å². The van der Waals surface area contributed by atoms with Gasteiger partial charge < -0.3 is 14.4 Å². The van der Waals surface area contributed by atoms with E-state index in [9.17, 15) is 9.59 Å². The molecule has 3 aliphatic rings. The first-order valence-electron chi connectivity index (χ1n) is 8.06. The Bertz CT molecular complexity index is 746. The van der Waals surface area contributed by atoms with Crippen LogP contribution >= 0.6 is 15.9 Å². The molecule has 3 aliphatic heterocycles. The van der Waals surface area contributed by atoms with Crippen LogP contribution in [0.3, 0.4) is 0 Å². The van der Waals surface area contributed by atoms with Crippen LogP contribution in [0, 0.1) is 11.8 Å². The van der Waals surface area contributed by atoms with Crippen LogP contribution < -0.4 is 4.90 Å². The van der Waals surface area contributed by atoms with E-state index in [1.165, 1.54) is 0 Å². The lowest BCUT2D eigenvalue weighted by molar-refractivity contribution is -0.156. The first-order chi connectivity index (χ1) is 11.4. The molecule has 4 atom stereocenters. The quantitative estimate of drug-likeness (QED) is 0.587. The summed E-state index contributed by atoms with van der Waals surface area (Å²) >= 11 is 3.50. The summed E-state index contributed by atoms with van der Waals surface area (Å²) in [4.78, 5) is 27.3. The van der Waals surface area contributed by atoms with Gasteiger partial charge in [-0.3, -0.25) is 9.59 Å². The molecule has 1 spiro atoms. The molecular formula is C18H18BrNO4. The van der Waals surface area contributed by atoms with Crippen LogP contribution in [0.4, 0.5) is 5.69 Å². The lowest BCUT2D eigenvalue weighted by Gasteiger charge is -2.23. The molecule has 0 aromatic heterocycles. The molecule has 6 heteroatoms. The van der Waals surface area contributed by atoms with E-state index in [0.717, 1.165) is 10.2 Å². The van der Waals surface area contributed by atoms with E-state index in [1.54, 1.807) is 18.7 Å². The Labute approximate surface area is 148 Å². The number of esters is 1. The molecule has 4 rings (SSSR count). The van der Waals surface area contributed by atoms with Crippen LogP contribution in [0.25, 0.3) is 0 Å². The Balaban J connectivity index is 1.69. The molecule has 2 saturated heterocycles. The Morgan fingerprint density at radius 3 is 2.88 bits per heavy atom. The van der Waals surface area contributed by atoms with Crippen molar-refractivity contribution >= 4 is 33.5 Å². The van der Waals surface area contributed by atoms with Gasteiger partial charge in [-0.1, -0.05) is 24.3 Å². The number of para-hydroxylation sites is 1. The molecule has 2 fully saturated rings. The number of hydrogen-bond donors (Lipinski definition) is 0. The van der Waals surface area contributed by atoms with Crippen molar-refractivity contribution in [1.82, 2.24) is 0 Å². The van der Waals surface area contributed by atoms with Gasteiger partial charge in [0.2, 0.25) is 5.91 Å². The second kappa shape index (κ2) is 5.43. The van der Waals surface area contributed by atoms with Crippen molar-refractivity contribution in [3.8, 4) is 0 Å². The van der Waals surface area contributed by atoms with Gasteiger partial charge in [0, 0.05) is 4.47 Å². The molecule has 1 amide bonds. The zero-order valence-electron chi connectivity index (χ0n) is 13.4. The van der Waals surface area contributed by atoms with E-state index in [2.05, 4.69) is 15.9 Å². The highest BCUT2D eigenvalue weighted by atomic mass is 79.9. The van der Waals surface area contributed by atoms with Crippen LogP contribution in [0.5, 0.6) is 0 Å². The number of anilines is 1. The van der Waals surface area contributed by atoms with Crippen molar-refractivity contribution in [2.24, 2.45) is 11.8 Å². The third-order valence-electron chi connectivity index (χ3n) is 4.87. The highest BCUT2D eigenvalue weighted by Crippen LogP contribution is 2.53. The smallest absolute Gasteiger partial charge is 0.313 e. The minimum absolute atomic E-state index is 0.0838. The number of carbonyl (C=O) groups excluding carboxylic acids is 2. The third kappa shape index (κ3) is 2.16. The summed E-state index contributed by atoms with van der Waals surface area (Å²) in [6, 6.07) is 7.57. The molecule has 126 valence electrons. The van der Waals surface area contributed by atoms with Gasteiger partial charge in [0.05, 0.1) is 30.4 Å². The van der Waals surface area contributed by atoms with E-state index >= 15 is 0 Å². The van der Waals surface area contributed by atoms with Crippen LogP contribution in [0.1, 0.15) is 13.8 Å². The second-order valence-electron chi connectivity index (χ2n) is 6.76. The highest BCUT2D eigenvalue weighted by Gasteiger charge is 2.67. The SMILES string of the molecule is CC(C)OC(=O)[C@@H]1[C@H]2C(=O)N(c3ccccc3Br)C[C@]23C=C[C@H]1O3. The van der Waals surface area contributed by atoms with Crippen LogP contribution in [0.2, 0.25) is 0 Å². The number of hydrogen-bond acceptors (Lipinski definition) is 4. The zero-order chi connectivity index (χ0) is 17.1. The van der Waals surface area contributed by atoms with Gasteiger partial charge in [0.15, 0.2) is 0 Å². The van der Waals surface area contributed by atoms with Gasteiger partial charge in [-0.05, 0) is 41.9 Å². The standard InChI is InChI=1S/C18H18BrNO4/c1-10(2)23-17(22)14-13-7-8-18(24-13)9-20(16(21)15(14)18)12-6-4-3-5-11(12)19/h3-8,10,13-15H,9H2,1-2H3/t13-,14+,15+,18-/m1/s1. The van der Waals surface area contributed by atoms with Crippen LogP contribution in [0.15, 0.2) is 40.9 Å². The van der Waals surface area contributed by atoms with Gasteiger partial charge in [-0.15, -0.1) is 0 Å². The van der Waals surface area contributed by atoms with Gasteiger partial charge >= 0.3 is 5.97 Å². The Hall–Kier alpha value is -1.66. The maximum Gasteiger partial charge on any atom is 0.313 e. The van der Waals surface area contributed by atoms with Crippen LogP contribution in [-0.4, -0.2) is 36.2 Å². The average Bonchev–Trinajstić information content (AvgIpc) is 3.15. The number of fused-ring (bicyclic) bond motifs is 1. The number of carbonyl (C=O) groups is 2. The summed E-state index contributed by atoms with van der Waals surface area (Å²) in [5, 5.41) is 0.